The van der Waals surface area contributed by atoms with Crippen LogP contribution in [0.1, 0.15) is 10.5 Å². The SMILES string of the molecule is NC(=O)c1cc2nccn2cn1. The van der Waals surface area contributed by atoms with Crippen molar-refractivity contribution >= 4 is 11.6 Å². The molecule has 2 aromatic rings. The van der Waals surface area contributed by atoms with Gasteiger partial charge in [0, 0.05) is 18.5 Å². The maximum atomic E-state index is 10.7. The Hall–Kier alpha value is -1.91. The van der Waals surface area contributed by atoms with Crippen molar-refractivity contribution in [3.8, 4) is 0 Å². The average molecular weight is 162 g/mol. The van der Waals surface area contributed by atoms with Crippen molar-refractivity contribution in [2.45, 2.75) is 0 Å². The van der Waals surface area contributed by atoms with Crippen molar-refractivity contribution < 1.29 is 4.79 Å². The van der Waals surface area contributed by atoms with E-state index in [1.165, 1.54) is 6.33 Å². The molecule has 0 aliphatic carbocycles. The summed E-state index contributed by atoms with van der Waals surface area (Å²) in [6.07, 6.45) is 4.87. The van der Waals surface area contributed by atoms with E-state index in [0.29, 0.717) is 5.65 Å². The highest BCUT2D eigenvalue weighted by atomic mass is 16.1. The van der Waals surface area contributed by atoms with E-state index in [1.54, 1.807) is 22.9 Å². The van der Waals surface area contributed by atoms with Gasteiger partial charge in [0.2, 0.25) is 0 Å². The molecule has 2 aromatic heterocycles. The summed E-state index contributed by atoms with van der Waals surface area (Å²) in [7, 11) is 0. The molecule has 2 heterocycles. The Morgan fingerprint density at radius 1 is 1.50 bits per heavy atom. The van der Waals surface area contributed by atoms with Crippen LogP contribution in [-0.2, 0) is 0 Å². The first kappa shape index (κ1) is 6.78. The number of nitrogens with two attached hydrogens (primary N) is 1. The molecular weight excluding hydrogens is 156 g/mol. The third-order valence-corrected chi connectivity index (χ3v) is 1.54. The van der Waals surface area contributed by atoms with Crippen molar-refractivity contribution in [3.05, 3.63) is 30.5 Å². The van der Waals surface area contributed by atoms with Crippen LogP contribution in [0.2, 0.25) is 0 Å². The van der Waals surface area contributed by atoms with E-state index in [-0.39, 0.29) is 5.69 Å². The molecule has 0 saturated heterocycles. The van der Waals surface area contributed by atoms with Crippen LogP contribution in [0.3, 0.4) is 0 Å². The lowest BCUT2D eigenvalue weighted by molar-refractivity contribution is 0.0995. The minimum Gasteiger partial charge on any atom is -0.364 e. The summed E-state index contributed by atoms with van der Waals surface area (Å²) in [5, 5.41) is 0. The van der Waals surface area contributed by atoms with Gasteiger partial charge in [0.05, 0.1) is 0 Å². The van der Waals surface area contributed by atoms with Gasteiger partial charge in [-0.2, -0.15) is 0 Å². The van der Waals surface area contributed by atoms with Crippen LogP contribution in [0.4, 0.5) is 0 Å². The van der Waals surface area contributed by atoms with Crippen molar-refractivity contribution in [1.82, 2.24) is 14.4 Å². The Morgan fingerprint density at radius 2 is 2.33 bits per heavy atom. The van der Waals surface area contributed by atoms with Gasteiger partial charge in [-0.3, -0.25) is 9.20 Å². The zero-order valence-electron chi connectivity index (χ0n) is 6.14. The highest BCUT2D eigenvalue weighted by molar-refractivity contribution is 5.91. The third-order valence-electron chi connectivity index (χ3n) is 1.54. The Morgan fingerprint density at radius 3 is 3.08 bits per heavy atom. The minimum absolute atomic E-state index is 0.230. The van der Waals surface area contributed by atoms with Crippen LogP contribution in [0, 0.1) is 0 Å². The molecule has 0 aromatic carbocycles. The lowest BCUT2D eigenvalue weighted by Crippen LogP contribution is -2.13. The van der Waals surface area contributed by atoms with E-state index in [4.69, 9.17) is 5.73 Å². The van der Waals surface area contributed by atoms with E-state index in [1.807, 2.05) is 0 Å². The zero-order valence-corrected chi connectivity index (χ0v) is 6.14. The van der Waals surface area contributed by atoms with Crippen molar-refractivity contribution in [2.24, 2.45) is 5.73 Å². The van der Waals surface area contributed by atoms with E-state index in [2.05, 4.69) is 9.97 Å². The zero-order chi connectivity index (χ0) is 8.55. The smallest absolute Gasteiger partial charge is 0.267 e. The Kier molecular flexibility index (Phi) is 1.30. The van der Waals surface area contributed by atoms with E-state index in [9.17, 15) is 4.79 Å². The largest absolute Gasteiger partial charge is 0.364 e. The van der Waals surface area contributed by atoms with Crippen LogP contribution in [0.25, 0.3) is 5.65 Å². The van der Waals surface area contributed by atoms with E-state index < -0.39 is 5.91 Å². The topological polar surface area (TPSA) is 73.3 Å². The van der Waals surface area contributed by atoms with Crippen LogP contribution in [-0.4, -0.2) is 20.3 Å². The molecule has 0 unspecified atom stereocenters. The molecule has 2 N–H and O–H groups in total. The number of primary amides is 1. The van der Waals surface area contributed by atoms with Gasteiger partial charge in [0.1, 0.15) is 17.7 Å². The lowest BCUT2D eigenvalue weighted by Gasteiger charge is -1.94. The number of hydrogen-bond acceptors (Lipinski definition) is 3. The average Bonchev–Trinajstić information content (AvgIpc) is 2.49. The van der Waals surface area contributed by atoms with Gasteiger partial charge in [0.25, 0.3) is 5.91 Å². The van der Waals surface area contributed by atoms with Gasteiger partial charge in [0.15, 0.2) is 0 Å². The van der Waals surface area contributed by atoms with Crippen LogP contribution in [0.15, 0.2) is 24.8 Å². The van der Waals surface area contributed by atoms with E-state index >= 15 is 0 Å². The fourth-order valence-corrected chi connectivity index (χ4v) is 0.953. The Bertz CT molecular complexity index is 434. The third kappa shape index (κ3) is 0.914. The van der Waals surface area contributed by atoms with Gasteiger partial charge < -0.3 is 5.73 Å². The monoisotopic (exact) mass is 162 g/mol. The number of imidazole rings is 1. The van der Waals surface area contributed by atoms with Gasteiger partial charge in [-0.05, 0) is 0 Å². The second-order valence-corrected chi connectivity index (χ2v) is 2.33. The van der Waals surface area contributed by atoms with Gasteiger partial charge in [-0.25, -0.2) is 9.97 Å². The van der Waals surface area contributed by atoms with Crippen LogP contribution >= 0.6 is 0 Å². The van der Waals surface area contributed by atoms with Gasteiger partial charge in [-0.1, -0.05) is 0 Å². The van der Waals surface area contributed by atoms with E-state index in [0.717, 1.165) is 0 Å². The quantitative estimate of drug-likeness (QED) is 0.632. The Balaban J connectivity index is 2.68. The number of carbonyl (C=O) groups is 1. The number of fused-ring (bicyclic) bond motifs is 1. The summed E-state index contributed by atoms with van der Waals surface area (Å²) in [4.78, 5) is 18.5. The molecule has 0 fully saturated rings. The minimum atomic E-state index is -0.541. The predicted octanol–water partition coefficient (Wildman–Crippen LogP) is -0.172. The standard InChI is InChI=1S/C7H6N4O/c8-7(12)5-3-6-9-1-2-11(6)4-10-5/h1-4H,(H2,8,12). The van der Waals surface area contributed by atoms with Crippen LogP contribution in [0.5, 0.6) is 0 Å². The van der Waals surface area contributed by atoms with Gasteiger partial charge in [-0.15, -0.1) is 0 Å². The molecule has 2 rings (SSSR count). The number of aromatic nitrogens is 3. The second kappa shape index (κ2) is 2.30. The molecule has 0 aliphatic rings. The number of rotatable bonds is 1. The number of hydrogen-bond donors (Lipinski definition) is 1. The number of amides is 1. The second-order valence-electron chi connectivity index (χ2n) is 2.33. The first-order chi connectivity index (χ1) is 5.77. The molecule has 0 radical (unpaired) electrons. The first-order valence-corrected chi connectivity index (χ1v) is 3.36. The molecule has 0 atom stereocenters. The molecule has 5 nitrogen and oxygen atoms in total. The maximum Gasteiger partial charge on any atom is 0.267 e. The summed E-state index contributed by atoms with van der Waals surface area (Å²) in [6, 6.07) is 1.54. The summed E-state index contributed by atoms with van der Waals surface area (Å²) < 4.78 is 1.70. The summed E-state index contributed by atoms with van der Waals surface area (Å²) in [5.41, 5.74) is 5.93. The fraction of sp³-hybridized carbons (Fsp3) is 0. The maximum absolute atomic E-state index is 10.7. The van der Waals surface area contributed by atoms with Crippen molar-refractivity contribution in [2.75, 3.05) is 0 Å². The Labute approximate surface area is 67.9 Å². The summed E-state index contributed by atoms with van der Waals surface area (Å²) >= 11 is 0. The first-order valence-electron chi connectivity index (χ1n) is 3.36. The molecule has 0 aliphatic heterocycles. The molecule has 12 heavy (non-hydrogen) atoms. The van der Waals surface area contributed by atoms with Gasteiger partial charge >= 0.3 is 0 Å². The van der Waals surface area contributed by atoms with Crippen molar-refractivity contribution in [1.29, 1.82) is 0 Å². The van der Waals surface area contributed by atoms with Crippen LogP contribution < -0.4 is 5.73 Å². The van der Waals surface area contributed by atoms with Crippen molar-refractivity contribution in [3.63, 3.8) is 0 Å². The molecule has 0 saturated carbocycles. The number of carbonyl (C=O) groups excluding carboxylic acids is 1. The molecule has 0 spiro atoms. The normalized spacial score (nSPS) is 10.3. The molecule has 1 amide bonds. The molecule has 60 valence electrons. The number of nitrogens with zero attached hydrogens (tertiary/aromatic N) is 3. The predicted molar refractivity (Wildman–Crippen MR) is 41.5 cm³/mol. The molecule has 0 bridgehead atoms. The highest BCUT2D eigenvalue weighted by Crippen LogP contribution is 2.00. The summed E-state index contributed by atoms with van der Waals surface area (Å²) in [6.45, 7) is 0. The lowest BCUT2D eigenvalue weighted by atomic mass is 10.4. The summed E-state index contributed by atoms with van der Waals surface area (Å²) in [5.74, 6) is -0.541. The highest BCUT2D eigenvalue weighted by Gasteiger charge is 2.02. The molecular formula is C7H6N4O. The fourth-order valence-electron chi connectivity index (χ4n) is 0.953. The molecule has 5 heteroatoms.